The van der Waals surface area contributed by atoms with Crippen molar-refractivity contribution in [1.29, 1.82) is 0 Å². The molecule has 0 radical (unpaired) electrons. The summed E-state index contributed by atoms with van der Waals surface area (Å²) in [5.41, 5.74) is 5.49. The zero-order chi connectivity index (χ0) is 23.9. The highest BCUT2D eigenvalue weighted by molar-refractivity contribution is 6.31. The van der Waals surface area contributed by atoms with Gasteiger partial charge in [-0.3, -0.25) is 20.0 Å². The van der Waals surface area contributed by atoms with Gasteiger partial charge in [0.05, 0.1) is 16.8 Å². The van der Waals surface area contributed by atoms with Gasteiger partial charge in [0, 0.05) is 28.3 Å². The van der Waals surface area contributed by atoms with Crippen LogP contribution in [0.3, 0.4) is 0 Å². The third-order valence-electron chi connectivity index (χ3n) is 4.81. The van der Waals surface area contributed by atoms with Crippen LogP contribution in [0.2, 0.25) is 5.02 Å². The number of carbonyl (C=O) groups is 1. The van der Waals surface area contributed by atoms with Crippen LogP contribution in [0.5, 0.6) is 5.75 Å². The summed E-state index contributed by atoms with van der Waals surface area (Å²) < 4.78 is 5.78. The number of non-ortho nitro benzene ring substituents is 1. The van der Waals surface area contributed by atoms with Crippen molar-refractivity contribution < 1.29 is 14.5 Å². The second-order valence-corrected chi connectivity index (χ2v) is 7.53. The highest BCUT2D eigenvalue weighted by Crippen LogP contribution is 2.23. The largest absolute Gasteiger partial charge is 0.489 e. The second-order valence-electron chi connectivity index (χ2n) is 7.12. The Morgan fingerprint density at radius 3 is 2.56 bits per heavy atom. The molecule has 4 rings (SSSR count). The maximum atomic E-state index is 12.3. The summed E-state index contributed by atoms with van der Waals surface area (Å²) >= 11 is 6.15. The zero-order valence-electron chi connectivity index (χ0n) is 17.6. The molecule has 0 aliphatic rings. The first-order valence-corrected chi connectivity index (χ1v) is 10.5. The molecule has 1 aromatic heterocycles. The van der Waals surface area contributed by atoms with Crippen molar-refractivity contribution in [1.82, 2.24) is 15.6 Å². The highest BCUT2D eigenvalue weighted by Gasteiger charge is 2.11. The van der Waals surface area contributed by atoms with E-state index in [0.717, 1.165) is 11.1 Å². The van der Waals surface area contributed by atoms with Gasteiger partial charge in [-0.2, -0.15) is 10.2 Å². The van der Waals surface area contributed by atoms with Crippen LogP contribution < -0.4 is 10.2 Å². The van der Waals surface area contributed by atoms with Gasteiger partial charge < -0.3 is 4.74 Å². The molecule has 0 spiro atoms. The fraction of sp³-hybridized carbons (Fsp3) is 0.0417. The number of nitrogens with one attached hydrogen (secondary N) is 2. The van der Waals surface area contributed by atoms with Gasteiger partial charge in [0.1, 0.15) is 18.1 Å². The molecule has 0 bridgehead atoms. The van der Waals surface area contributed by atoms with Crippen LogP contribution in [0, 0.1) is 10.1 Å². The quantitative estimate of drug-likeness (QED) is 0.211. The summed E-state index contributed by atoms with van der Waals surface area (Å²) in [7, 11) is 0. The van der Waals surface area contributed by atoms with Crippen LogP contribution in [0.1, 0.15) is 21.6 Å². The number of H-pyrrole nitrogens is 1. The minimum Gasteiger partial charge on any atom is -0.489 e. The Morgan fingerprint density at radius 1 is 1.12 bits per heavy atom. The molecule has 0 saturated carbocycles. The van der Waals surface area contributed by atoms with E-state index in [0.29, 0.717) is 28.6 Å². The molecule has 0 atom stereocenters. The Morgan fingerprint density at radius 2 is 1.85 bits per heavy atom. The van der Waals surface area contributed by atoms with Gasteiger partial charge in [0.25, 0.3) is 11.6 Å². The molecule has 9 nitrogen and oxygen atoms in total. The summed E-state index contributed by atoms with van der Waals surface area (Å²) in [5, 5.41) is 22.1. The Kier molecular flexibility index (Phi) is 6.95. The van der Waals surface area contributed by atoms with Gasteiger partial charge in [0.2, 0.25) is 0 Å². The highest BCUT2D eigenvalue weighted by atomic mass is 35.5. The fourth-order valence-corrected chi connectivity index (χ4v) is 3.18. The van der Waals surface area contributed by atoms with Crippen LogP contribution in [-0.2, 0) is 6.61 Å². The van der Waals surface area contributed by atoms with Gasteiger partial charge >= 0.3 is 0 Å². The third kappa shape index (κ3) is 5.64. The lowest BCUT2D eigenvalue weighted by Crippen LogP contribution is -2.17. The summed E-state index contributed by atoms with van der Waals surface area (Å²) in [6.45, 7) is 0.353. The van der Waals surface area contributed by atoms with Crippen LogP contribution in [0.4, 0.5) is 5.69 Å². The Balaban J connectivity index is 1.33. The number of benzene rings is 3. The molecule has 0 aliphatic carbocycles. The number of nitro groups is 1. The SMILES string of the molecule is O=C(N/N=C/c1ccc([N+](=O)[O-])cc1)c1cc(-c2ccc(OCc3ccccc3Cl)cc2)n[nH]1. The summed E-state index contributed by atoms with van der Waals surface area (Å²) in [4.78, 5) is 22.5. The number of aromatic amines is 1. The lowest BCUT2D eigenvalue weighted by Gasteiger charge is -2.08. The number of hydrogen-bond donors (Lipinski definition) is 2. The fourth-order valence-electron chi connectivity index (χ4n) is 2.99. The molecule has 1 heterocycles. The normalized spacial score (nSPS) is 10.9. The smallest absolute Gasteiger partial charge is 0.289 e. The topological polar surface area (TPSA) is 123 Å². The van der Waals surface area contributed by atoms with Crippen molar-refractivity contribution in [2.75, 3.05) is 0 Å². The van der Waals surface area contributed by atoms with Gasteiger partial charge in [-0.15, -0.1) is 0 Å². The monoisotopic (exact) mass is 475 g/mol. The molecule has 0 fully saturated rings. The van der Waals surface area contributed by atoms with Crippen molar-refractivity contribution in [3.05, 3.63) is 111 Å². The van der Waals surface area contributed by atoms with Crippen molar-refractivity contribution in [3.8, 4) is 17.0 Å². The van der Waals surface area contributed by atoms with Crippen LogP contribution in [0.25, 0.3) is 11.3 Å². The first kappa shape index (κ1) is 22.7. The zero-order valence-corrected chi connectivity index (χ0v) is 18.4. The van der Waals surface area contributed by atoms with E-state index in [2.05, 4.69) is 20.7 Å². The number of hydrogen-bond acceptors (Lipinski definition) is 6. The van der Waals surface area contributed by atoms with Crippen LogP contribution in [0.15, 0.2) is 84.0 Å². The summed E-state index contributed by atoms with van der Waals surface area (Å²) in [5.74, 6) is 0.203. The number of hydrazone groups is 1. The van der Waals surface area contributed by atoms with E-state index >= 15 is 0 Å². The lowest BCUT2D eigenvalue weighted by molar-refractivity contribution is -0.384. The van der Waals surface area contributed by atoms with E-state index in [1.807, 2.05) is 48.5 Å². The molecule has 3 aromatic carbocycles. The van der Waals surface area contributed by atoms with E-state index in [1.54, 1.807) is 6.07 Å². The molecule has 2 N–H and O–H groups in total. The van der Waals surface area contributed by atoms with Gasteiger partial charge in [0.15, 0.2) is 0 Å². The molecule has 0 unspecified atom stereocenters. The van der Waals surface area contributed by atoms with Crippen LogP contribution >= 0.6 is 11.6 Å². The average Bonchev–Trinajstić information content (AvgIpc) is 3.35. The minimum atomic E-state index is -0.486. The molecule has 1 amide bonds. The standard InChI is InChI=1S/C24H18ClN5O4/c25-21-4-2-1-3-18(21)15-34-20-11-7-17(8-12-20)22-13-23(28-27-22)24(31)29-26-14-16-5-9-19(10-6-16)30(32)33/h1-14H,15H2,(H,27,28)(H,29,31)/b26-14+. The van der Waals surface area contributed by atoms with E-state index in [-0.39, 0.29) is 11.4 Å². The molecular weight excluding hydrogens is 458 g/mol. The maximum Gasteiger partial charge on any atom is 0.289 e. The number of carbonyl (C=O) groups excluding carboxylic acids is 1. The van der Waals surface area contributed by atoms with E-state index in [1.165, 1.54) is 30.5 Å². The lowest BCUT2D eigenvalue weighted by atomic mass is 10.1. The van der Waals surface area contributed by atoms with Crippen molar-refractivity contribution in [2.45, 2.75) is 6.61 Å². The Hall–Kier alpha value is -4.50. The van der Waals surface area contributed by atoms with Gasteiger partial charge in [-0.25, -0.2) is 5.43 Å². The van der Waals surface area contributed by atoms with Gasteiger partial charge in [-0.05, 0) is 54.1 Å². The van der Waals surface area contributed by atoms with E-state index in [4.69, 9.17) is 16.3 Å². The number of rotatable bonds is 8. The van der Waals surface area contributed by atoms with Crippen molar-refractivity contribution in [3.63, 3.8) is 0 Å². The summed E-state index contributed by atoms with van der Waals surface area (Å²) in [6.07, 6.45) is 1.39. The molecule has 170 valence electrons. The number of amides is 1. The number of ether oxygens (including phenoxy) is 1. The minimum absolute atomic E-state index is 0.0219. The Bertz CT molecular complexity index is 1330. The maximum absolute atomic E-state index is 12.3. The molecular formula is C24H18ClN5O4. The predicted molar refractivity (Wildman–Crippen MR) is 128 cm³/mol. The van der Waals surface area contributed by atoms with Crippen molar-refractivity contribution in [2.24, 2.45) is 5.10 Å². The molecule has 0 aliphatic heterocycles. The van der Waals surface area contributed by atoms with Gasteiger partial charge in [-0.1, -0.05) is 29.8 Å². The Labute approximate surface area is 199 Å². The first-order valence-electron chi connectivity index (χ1n) is 10.1. The third-order valence-corrected chi connectivity index (χ3v) is 5.18. The van der Waals surface area contributed by atoms with Crippen LogP contribution in [-0.4, -0.2) is 27.2 Å². The number of aromatic nitrogens is 2. The molecule has 4 aromatic rings. The number of nitrogens with zero attached hydrogens (tertiary/aromatic N) is 3. The van der Waals surface area contributed by atoms with Crippen molar-refractivity contribution >= 4 is 29.4 Å². The molecule has 10 heteroatoms. The average molecular weight is 476 g/mol. The summed E-state index contributed by atoms with van der Waals surface area (Å²) in [6, 6.07) is 22.2. The van der Waals surface area contributed by atoms with E-state index < -0.39 is 10.8 Å². The predicted octanol–water partition coefficient (Wildman–Crippen LogP) is 4.98. The number of nitro benzene ring substituents is 1. The van der Waals surface area contributed by atoms with E-state index in [9.17, 15) is 14.9 Å². The molecule has 0 saturated heterocycles. The number of halogens is 1. The molecule has 34 heavy (non-hydrogen) atoms. The first-order chi connectivity index (χ1) is 16.5. The second kappa shape index (κ2) is 10.4.